The predicted octanol–water partition coefficient (Wildman–Crippen LogP) is 1.92. The molecule has 2 rings (SSSR count). The summed E-state index contributed by atoms with van der Waals surface area (Å²) in [5.74, 6) is -1.29. The van der Waals surface area contributed by atoms with Crippen LogP contribution in [0.4, 0.5) is 8.78 Å². The van der Waals surface area contributed by atoms with E-state index in [0.717, 1.165) is 6.07 Å². The van der Waals surface area contributed by atoms with Crippen molar-refractivity contribution in [2.24, 2.45) is 0 Å². The van der Waals surface area contributed by atoms with Gasteiger partial charge in [0.1, 0.15) is 11.6 Å². The van der Waals surface area contributed by atoms with Gasteiger partial charge in [-0.3, -0.25) is 4.79 Å². The van der Waals surface area contributed by atoms with E-state index in [4.69, 9.17) is 0 Å². The SMILES string of the molecule is O=C1CC[C@@H](c2cc(F)cc(F)c2)N1. The van der Waals surface area contributed by atoms with Crippen LogP contribution in [0.2, 0.25) is 0 Å². The lowest BCUT2D eigenvalue weighted by atomic mass is 10.1. The zero-order chi connectivity index (χ0) is 10.1. The van der Waals surface area contributed by atoms with Gasteiger partial charge in [0.2, 0.25) is 5.91 Å². The van der Waals surface area contributed by atoms with E-state index in [9.17, 15) is 13.6 Å². The van der Waals surface area contributed by atoms with E-state index in [1.807, 2.05) is 0 Å². The second kappa shape index (κ2) is 3.36. The summed E-state index contributed by atoms with van der Waals surface area (Å²) in [6, 6.07) is 3.08. The van der Waals surface area contributed by atoms with Gasteiger partial charge in [-0.1, -0.05) is 0 Å². The van der Waals surface area contributed by atoms with Gasteiger partial charge in [0.15, 0.2) is 0 Å². The number of hydrogen-bond donors (Lipinski definition) is 1. The van der Waals surface area contributed by atoms with Gasteiger partial charge in [-0.05, 0) is 24.1 Å². The molecule has 0 radical (unpaired) electrons. The summed E-state index contributed by atoms with van der Waals surface area (Å²) in [7, 11) is 0. The highest BCUT2D eigenvalue weighted by molar-refractivity contribution is 5.78. The molecule has 1 aromatic rings. The van der Waals surface area contributed by atoms with Crippen molar-refractivity contribution < 1.29 is 13.6 Å². The van der Waals surface area contributed by atoms with E-state index in [1.54, 1.807) is 0 Å². The van der Waals surface area contributed by atoms with Gasteiger partial charge in [-0.25, -0.2) is 8.78 Å². The molecule has 1 saturated heterocycles. The van der Waals surface area contributed by atoms with Crippen LogP contribution in [0, 0.1) is 11.6 Å². The van der Waals surface area contributed by atoms with Crippen molar-refractivity contribution in [3.8, 4) is 0 Å². The molecule has 1 N–H and O–H groups in total. The summed E-state index contributed by atoms with van der Waals surface area (Å²) < 4.78 is 25.7. The van der Waals surface area contributed by atoms with E-state index < -0.39 is 11.6 Å². The summed E-state index contributed by atoms with van der Waals surface area (Å²) in [5, 5.41) is 2.65. The third-order valence-electron chi connectivity index (χ3n) is 2.28. The summed E-state index contributed by atoms with van der Waals surface area (Å²) in [4.78, 5) is 10.9. The zero-order valence-corrected chi connectivity index (χ0v) is 7.39. The number of halogens is 2. The second-order valence-corrected chi connectivity index (χ2v) is 3.36. The van der Waals surface area contributed by atoms with Crippen molar-refractivity contribution in [3.05, 3.63) is 35.4 Å². The van der Waals surface area contributed by atoms with Crippen LogP contribution in [0.25, 0.3) is 0 Å². The van der Waals surface area contributed by atoms with Crippen LogP contribution in [0.5, 0.6) is 0 Å². The molecule has 1 aliphatic heterocycles. The lowest BCUT2D eigenvalue weighted by molar-refractivity contribution is -0.119. The Balaban J connectivity index is 2.27. The molecule has 0 spiro atoms. The number of hydrogen-bond acceptors (Lipinski definition) is 1. The van der Waals surface area contributed by atoms with Gasteiger partial charge >= 0.3 is 0 Å². The molecular weight excluding hydrogens is 188 g/mol. The van der Waals surface area contributed by atoms with Crippen molar-refractivity contribution in [2.75, 3.05) is 0 Å². The largest absolute Gasteiger partial charge is 0.349 e. The number of carbonyl (C=O) groups excluding carboxylic acids is 1. The molecule has 1 aliphatic rings. The standard InChI is InChI=1S/C10H9F2NO/c11-7-3-6(4-8(12)5-7)9-1-2-10(14)13-9/h3-5,9H,1-2H2,(H,13,14)/t9-/m0/s1. The molecule has 0 unspecified atom stereocenters. The smallest absolute Gasteiger partial charge is 0.220 e. The fourth-order valence-electron chi connectivity index (χ4n) is 1.64. The molecule has 1 aromatic carbocycles. The minimum Gasteiger partial charge on any atom is -0.349 e. The number of rotatable bonds is 1. The van der Waals surface area contributed by atoms with Crippen LogP contribution >= 0.6 is 0 Å². The number of carbonyl (C=O) groups is 1. The molecule has 1 fully saturated rings. The van der Waals surface area contributed by atoms with Crippen LogP contribution in [0.3, 0.4) is 0 Å². The Hall–Kier alpha value is -1.45. The molecule has 74 valence electrons. The molecule has 1 heterocycles. The van der Waals surface area contributed by atoms with Crippen LogP contribution in [0.1, 0.15) is 24.4 Å². The first kappa shape index (κ1) is 9.12. The Labute approximate surface area is 79.9 Å². The maximum Gasteiger partial charge on any atom is 0.220 e. The third kappa shape index (κ3) is 1.73. The first-order valence-electron chi connectivity index (χ1n) is 4.40. The van der Waals surface area contributed by atoms with Crippen molar-refractivity contribution >= 4 is 5.91 Å². The Morgan fingerprint density at radius 1 is 1.21 bits per heavy atom. The number of nitrogens with one attached hydrogen (secondary N) is 1. The molecule has 1 amide bonds. The highest BCUT2D eigenvalue weighted by atomic mass is 19.1. The Morgan fingerprint density at radius 2 is 1.86 bits per heavy atom. The van der Waals surface area contributed by atoms with Gasteiger partial charge < -0.3 is 5.32 Å². The zero-order valence-electron chi connectivity index (χ0n) is 7.39. The van der Waals surface area contributed by atoms with Crippen molar-refractivity contribution in [1.29, 1.82) is 0 Å². The quantitative estimate of drug-likeness (QED) is 0.732. The lowest BCUT2D eigenvalue weighted by Crippen LogP contribution is -2.18. The van der Waals surface area contributed by atoms with E-state index in [1.165, 1.54) is 12.1 Å². The summed E-state index contributed by atoms with van der Waals surface area (Å²) in [6.07, 6.45) is 1.02. The van der Waals surface area contributed by atoms with E-state index in [0.29, 0.717) is 18.4 Å². The Bertz CT molecular complexity index is 358. The van der Waals surface area contributed by atoms with Crippen LogP contribution in [0.15, 0.2) is 18.2 Å². The first-order chi connectivity index (χ1) is 6.65. The Kier molecular flexibility index (Phi) is 2.19. The van der Waals surface area contributed by atoms with E-state index in [-0.39, 0.29) is 11.9 Å². The van der Waals surface area contributed by atoms with E-state index >= 15 is 0 Å². The highest BCUT2D eigenvalue weighted by Gasteiger charge is 2.22. The van der Waals surface area contributed by atoms with Gasteiger partial charge in [0.05, 0.1) is 6.04 Å². The maximum absolute atomic E-state index is 12.8. The molecule has 1 atom stereocenters. The van der Waals surface area contributed by atoms with Crippen molar-refractivity contribution in [3.63, 3.8) is 0 Å². The van der Waals surface area contributed by atoms with Crippen LogP contribution < -0.4 is 5.32 Å². The summed E-state index contributed by atoms with van der Waals surface area (Å²) in [5.41, 5.74) is 0.494. The average molecular weight is 197 g/mol. The second-order valence-electron chi connectivity index (χ2n) is 3.36. The number of benzene rings is 1. The fourth-order valence-corrected chi connectivity index (χ4v) is 1.64. The van der Waals surface area contributed by atoms with Crippen LogP contribution in [-0.2, 0) is 4.79 Å². The predicted molar refractivity (Wildman–Crippen MR) is 46.5 cm³/mol. The van der Waals surface area contributed by atoms with E-state index in [2.05, 4.69) is 5.32 Å². The third-order valence-corrected chi connectivity index (χ3v) is 2.28. The molecular formula is C10H9F2NO. The minimum absolute atomic E-state index is 0.0698. The van der Waals surface area contributed by atoms with Crippen LogP contribution in [-0.4, -0.2) is 5.91 Å². The lowest BCUT2D eigenvalue weighted by Gasteiger charge is -2.10. The molecule has 14 heavy (non-hydrogen) atoms. The van der Waals surface area contributed by atoms with Gasteiger partial charge in [-0.2, -0.15) is 0 Å². The normalized spacial score (nSPS) is 21.0. The number of amides is 1. The molecule has 0 saturated carbocycles. The van der Waals surface area contributed by atoms with Gasteiger partial charge in [0, 0.05) is 12.5 Å². The summed E-state index contributed by atoms with van der Waals surface area (Å²) in [6.45, 7) is 0. The molecule has 0 aromatic heterocycles. The molecule has 0 aliphatic carbocycles. The monoisotopic (exact) mass is 197 g/mol. The molecule has 4 heteroatoms. The Morgan fingerprint density at radius 3 is 2.36 bits per heavy atom. The van der Waals surface area contributed by atoms with Gasteiger partial charge in [0.25, 0.3) is 0 Å². The summed E-state index contributed by atoms with van der Waals surface area (Å²) >= 11 is 0. The molecule has 0 bridgehead atoms. The molecule has 2 nitrogen and oxygen atoms in total. The average Bonchev–Trinajstić information content (AvgIpc) is 2.50. The van der Waals surface area contributed by atoms with Crippen molar-refractivity contribution in [2.45, 2.75) is 18.9 Å². The maximum atomic E-state index is 12.8. The van der Waals surface area contributed by atoms with Gasteiger partial charge in [-0.15, -0.1) is 0 Å². The first-order valence-corrected chi connectivity index (χ1v) is 4.40. The minimum atomic E-state index is -0.610. The fraction of sp³-hybridized carbons (Fsp3) is 0.300. The topological polar surface area (TPSA) is 29.1 Å². The van der Waals surface area contributed by atoms with Crippen molar-refractivity contribution in [1.82, 2.24) is 5.32 Å². The highest BCUT2D eigenvalue weighted by Crippen LogP contribution is 2.24.